The van der Waals surface area contributed by atoms with Gasteiger partial charge in [0.1, 0.15) is 5.75 Å². The van der Waals surface area contributed by atoms with E-state index in [0.717, 1.165) is 29.7 Å². The number of H-pyrrole nitrogens is 1. The standard InChI is InChI=1S/C23H23F3N4O2/c1-27-19-11-15(10-14-6-7-14)8-9-17(19)20-12-16(29-30-20)13-28-22(31)18-4-2-3-5-21(18)32-23(24,25)26/h2-5,8-9,11-12,14,27H,6-7,10,13H2,1H3,(H,28,31)(H,29,30). The zero-order valence-corrected chi connectivity index (χ0v) is 17.4. The minimum Gasteiger partial charge on any atom is -0.405 e. The third-order valence-corrected chi connectivity index (χ3v) is 5.28. The number of nitrogens with zero attached hydrogens (tertiary/aromatic N) is 1. The van der Waals surface area contributed by atoms with Crippen LogP contribution in [0.1, 0.15) is 34.5 Å². The fourth-order valence-corrected chi connectivity index (χ4v) is 3.53. The summed E-state index contributed by atoms with van der Waals surface area (Å²) in [5, 5.41) is 13.0. The minimum absolute atomic E-state index is 0.0703. The number of aromatic nitrogens is 2. The Hall–Kier alpha value is -3.49. The predicted octanol–water partition coefficient (Wildman–Crippen LogP) is 4.90. The van der Waals surface area contributed by atoms with E-state index in [1.165, 1.54) is 36.6 Å². The molecule has 3 aromatic rings. The van der Waals surface area contributed by atoms with Gasteiger partial charge >= 0.3 is 6.36 Å². The van der Waals surface area contributed by atoms with Gasteiger partial charge in [-0.15, -0.1) is 13.2 Å². The van der Waals surface area contributed by atoms with Gasteiger partial charge in [-0.05, 0) is 55.0 Å². The van der Waals surface area contributed by atoms with Crippen LogP contribution in [0.5, 0.6) is 5.75 Å². The first-order valence-electron chi connectivity index (χ1n) is 10.3. The Kier molecular flexibility index (Phi) is 6.07. The minimum atomic E-state index is -4.88. The van der Waals surface area contributed by atoms with Gasteiger partial charge in [0.05, 0.1) is 23.5 Å². The maximum absolute atomic E-state index is 12.6. The van der Waals surface area contributed by atoms with Crippen molar-refractivity contribution < 1.29 is 22.7 Å². The summed E-state index contributed by atoms with van der Waals surface area (Å²) >= 11 is 0. The van der Waals surface area contributed by atoms with Crippen LogP contribution in [-0.2, 0) is 13.0 Å². The monoisotopic (exact) mass is 444 g/mol. The van der Waals surface area contributed by atoms with Gasteiger partial charge in [0.2, 0.25) is 0 Å². The topological polar surface area (TPSA) is 79.0 Å². The predicted molar refractivity (Wildman–Crippen MR) is 114 cm³/mol. The Labute approximate surface area is 183 Å². The van der Waals surface area contributed by atoms with E-state index in [2.05, 4.69) is 37.7 Å². The van der Waals surface area contributed by atoms with Crippen LogP contribution >= 0.6 is 0 Å². The molecule has 9 heteroatoms. The van der Waals surface area contributed by atoms with Crippen molar-refractivity contribution in [3.05, 3.63) is 65.4 Å². The number of halogens is 3. The third-order valence-electron chi connectivity index (χ3n) is 5.28. The number of hydrogen-bond donors (Lipinski definition) is 3. The first-order chi connectivity index (χ1) is 15.3. The summed E-state index contributed by atoms with van der Waals surface area (Å²) in [7, 11) is 1.86. The molecule has 1 aromatic heterocycles. The van der Waals surface area contributed by atoms with E-state index in [4.69, 9.17) is 0 Å². The van der Waals surface area contributed by atoms with Gasteiger partial charge in [-0.2, -0.15) is 5.10 Å². The SMILES string of the molecule is CNc1cc(CC2CC2)ccc1-c1cc(CNC(=O)c2ccccc2OC(F)(F)F)[nH]n1. The number of carbonyl (C=O) groups excluding carboxylic acids is 1. The number of ether oxygens (including phenoxy) is 1. The van der Waals surface area contributed by atoms with Crippen molar-refractivity contribution in [1.82, 2.24) is 15.5 Å². The van der Waals surface area contributed by atoms with E-state index in [1.54, 1.807) is 6.07 Å². The number of hydrogen-bond acceptors (Lipinski definition) is 4. The summed E-state index contributed by atoms with van der Waals surface area (Å²) in [5.41, 5.74) is 4.29. The van der Waals surface area contributed by atoms with Gasteiger partial charge in [0, 0.05) is 18.3 Å². The Morgan fingerprint density at radius 3 is 2.69 bits per heavy atom. The maximum Gasteiger partial charge on any atom is 0.573 e. The van der Waals surface area contributed by atoms with Crippen LogP contribution in [0.3, 0.4) is 0 Å². The molecule has 1 saturated carbocycles. The number of nitrogens with one attached hydrogen (secondary N) is 3. The lowest BCUT2D eigenvalue weighted by Crippen LogP contribution is -2.25. The molecule has 32 heavy (non-hydrogen) atoms. The second-order valence-corrected chi connectivity index (χ2v) is 7.78. The molecule has 1 aliphatic carbocycles. The molecule has 168 valence electrons. The molecule has 0 bridgehead atoms. The van der Waals surface area contributed by atoms with Crippen molar-refractivity contribution in [3.63, 3.8) is 0 Å². The number of benzene rings is 2. The second kappa shape index (κ2) is 8.94. The average Bonchev–Trinajstić information content (AvgIpc) is 3.44. The van der Waals surface area contributed by atoms with Crippen LogP contribution in [0.4, 0.5) is 18.9 Å². The Morgan fingerprint density at radius 2 is 1.97 bits per heavy atom. The van der Waals surface area contributed by atoms with Crippen LogP contribution in [0.25, 0.3) is 11.3 Å². The molecule has 2 aromatic carbocycles. The van der Waals surface area contributed by atoms with Gasteiger partial charge in [-0.1, -0.05) is 24.3 Å². The van der Waals surface area contributed by atoms with Crippen LogP contribution in [0, 0.1) is 5.92 Å². The second-order valence-electron chi connectivity index (χ2n) is 7.78. The highest BCUT2D eigenvalue weighted by atomic mass is 19.4. The number of aromatic amines is 1. The first kappa shape index (κ1) is 21.7. The quantitative estimate of drug-likeness (QED) is 0.462. The molecule has 3 N–H and O–H groups in total. The van der Waals surface area contributed by atoms with E-state index >= 15 is 0 Å². The van der Waals surface area contributed by atoms with E-state index < -0.39 is 18.0 Å². The lowest BCUT2D eigenvalue weighted by atomic mass is 10.0. The van der Waals surface area contributed by atoms with Gasteiger partial charge < -0.3 is 15.4 Å². The van der Waals surface area contributed by atoms with Crippen molar-refractivity contribution >= 4 is 11.6 Å². The zero-order chi connectivity index (χ0) is 22.7. The number of alkyl halides is 3. The highest BCUT2D eigenvalue weighted by Crippen LogP contribution is 2.35. The van der Waals surface area contributed by atoms with Gasteiger partial charge in [-0.25, -0.2) is 0 Å². The molecule has 0 unspecified atom stereocenters. The van der Waals surface area contributed by atoms with Crippen LogP contribution in [0.15, 0.2) is 48.5 Å². The maximum atomic E-state index is 12.6. The number of carbonyl (C=O) groups is 1. The summed E-state index contributed by atoms with van der Waals surface area (Å²) in [5.74, 6) is -0.438. The van der Waals surface area contributed by atoms with E-state index in [9.17, 15) is 18.0 Å². The third kappa shape index (κ3) is 5.40. The van der Waals surface area contributed by atoms with E-state index in [0.29, 0.717) is 11.4 Å². The number of amides is 1. The normalized spacial score (nSPS) is 13.6. The van der Waals surface area contributed by atoms with Crippen molar-refractivity contribution in [2.75, 3.05) is 12.4 Å². The van der Waals surface area contributed by atoms with Crippen molar-refractivity contribution in [3.8, 4) is 17.0 Å². The molecule has 0 atom stereocenters. The highest BCUT2D eigenvalue weighted by molar-refractivity contribution is 5.96. The van der Waals surface area contributed by atoms with Crippen LogP contribution in [0.2, 0.25) is 0 Å². The summed E-state index contributed by atoms with van der Waals surface area (Å²) in [4.78, 5) is 12.4. The summed E-state index contributed by atoms with van der Waals surface area (Å²) in [6, 6.07) is 13.3. The Bertz CT molecular complexity index is 1110. The first-order valence-corrected chi connectivity index (χ1v) is 10.3. The fourth-order valence-electron chi connectivity index (χ4n) is 3.53. The van der Waals surface area contributed by atoms with Crippen LogP contribution < -0.4 is 15.4 Å². The Balaban J connectivity index is 1.44. The molecule has 1 amide bonds. The number of anilines is 1. The van der Waals surface area contributed by atoms with Gasteiger partial charge in [0.15, 0.2) is 0 Å². The number of para-hydroxylation sites is 1. The largest absolute Gasteiger partial charge is 0.573 e. The van der Waals surface area contributed by atoms with Gasteiger partial charge in [0.25, 0.3) is 5.91 Å². The molecule has 1 heterocycles. The van der Waals surface area contributed by atoms with E-state index in [1.807, 2.05) is 13.1 Å². The molecular weight excluding hydrogens is 421 g/mol. The number of rotatable bonds is 8. The smallest absolute Gasteiger partial charge is 0.405 e. The molecule has 0 spiro atoms. The van der Waals surface area contributed by atoms with Crippen molar-refractivity contribution in [1.29, 1.82) is 0 Å². The average molecular weight is 444 g/mol. The lowest BCUT2D eigenvalue weighted by Gasteiger charge is -2.12. The molecule has 6 nitrogen and oxygen atoms in total. The van der Waals surface area contributed by atoms with Crippen LogP contribution in [-0.4, -0.2) is 29.5 Å². The summed E-state index contributed by atoms with van der Waals surface area (Å²) < 4.78 is 41.7. The molecule has 0 aliphatic heterocycles. The lowest BCUT2D eigenvalue weighted by molar-refractivity contribution is -0.274. The van der Waals surface area contributed by atoms with Crippen molar-refractivity contribution in [2.24, 2.45) is 5.92 Å². The zero-order valence-electron chi connectivity index (χ0n) is 17.4. The summed E-state index contributed by atoms with van der Waals surface area (Å²) in [6.45, 7) is 0.0703. The molecule has 0 radical (unpaired) electrons. The van der Waals surface area contributed by atoms with E-state index in [-0.39, 0.29) is 12.1 Å². The summed E-state index contributed by atoms with van der Waals surface area (Å²) in [6.07, 6.45) is -1.23. The van der Waals surface area contributed by atoms with Crippen molar-refractivity contribution in [2.45, 2.75) is 32.2 Å². The molecule has 1 aliphatic rings. The Morgan fingerprint density at radius 1 is 1.19 bits per heavy atom. The molecular formula is C23H23F3N4O2. The molecule has 4 rings (SSSR count). The molecule has 1 fully saturated rings. The highest BCUT2D eigenvalue weighted by Gasteiger charge is 2.32. The molecule has 0 saturated heterocycles. The fraction of sp³-hybridized carbons (Fsp3) is 0.304. The van der Waals surface area contributed by atoms with Gasteiger partial charge in [-0.3, -0.25) is 9.89 Å².